The van der Waals surface area contributed by atoms with Crippen LogP contribution in [0.4, 0.5) is 0 Å². The summed E-state index contributed by atoms with van der Waals surface area (Å²) in [6.45, 7) is 12.6. The highest BCUT2D eigenvalue weighted by atomic mass is 79.9. The average Bonchev–Trinajstić information content (AvgIpc) is 2.36. The van der Waals surface area contributed by atoms with Gasteiger partial charge in [-0.2, -0.15) is 0 Å². The molecular weight excluding hydrogens is 378 g/mol. The molecule has 1 aromatic carbocycles. The summed E-state index contributed by atoms with van der Waals surface area (Å²) in [5.74, 6) is 0.655. The Morgan fingerprint density at radius 3 is 2.40 bits per heavy atom. The zero-order valence-corrected chi connectivity index (χ0v) is 16.4. The van der Waals surface area contributed by atoms with E-state index >= 15 is 0 Å². The first kappa shape index (κ1) is 18.2. The lowest BCUT2D eigenvalue weighted by Crippen LogP contribution is -2.28. The van der Waals surface area contributed by atoms with E-state index in [1.165, 1.54) is 10.0 Å². The molecule has 1 nitrogen and oxygen atoms in total. The van der Waals surface area contributed by atoms with Crippen LogP contribution in [-0.2, 0) is 0 Å². The van der Waals surface area contributed by atoms with Gasteiger partial charge >= 0.3 is 0 Å². The fraction of sp³-hybridized carbons (Fsp3) is 0.647. The van der Waals surface area contributed by atoms with Crippen molar-refractivity contribution in [3.63, 3.8) is 0 Å². The molecule has 0 fully saturated rings. The highest BCUT2D eigenvalue weighted by molar-refractivity contribution is 9.11. The average molecular weight is 405 g/mol. The van der Waals surface area contributed by atoms with Gasteiger partial charge < -0.3 is 5.32 Å². The van der Waals surface area contributed by atoms with Gasteiger partial charge in [-0.25, -0.2) is 0 Å². The maximum atomic E-state index is 3.71. The standard InChI is InChI=1S/C17H27Br2N/c1-6-9-20-16(10-12(2)17(3,4)5)14-11-13(18)7-8-15(14)19/h7-8,11-12,16,20H,6,9-10H2,1-5H3. The Labute approximate surface area is 141 Å². The number of halogens is 2. The fourth-order valence-electron chi connectivity index (χ4n) is 2.13. The zero-order chi connectivity index (χ0) is 15.3. The number of hydrogen-bond acceptors (Lipinski definition) is 1. The first-order chi connectivity index (χ1) is 9.25. The van der Waals surface area contributed by atoms with Crippen LogP contribution < -0.4 is 5.32 Å². The minimum absolute atomic E-state index is 0.338. The number of benzene rings is 1. The quantitative estimate of drug-likeness (QED) is 0.584. The van der Waals surface area contributed by atoms with Gasteiger partial charge in [-0.15, -0.1) is 0 Å². The third-order valence-electron chi connectivity index (χ3n) is 4.04. The second-order valence-corrected chi connectivity index (χ2v) is 8.45. The third-order valence-corrected chi connectivity index (χ3v) is 5.26. The van der Waals surface area contributed by atoms with E-state index in [-0.39, 0.29) is 0 Å². The van der Waals surface area contributed by atoms with Crippen LogP contribution in [-0.4, -0.2) is 6.54 Å². The number of hydrogen-bond donors (Lipinski definition) is 1. The largest absolute Gasteiger partial charge is 0.310 e. The molecule has 0 saturated carbocycles. The Hall–Kier alpha value is 0.140. The van der Waals surface area contributed by atoms with Gasteiger partial charge in [0.15, 0.2) is 0 Å². The maximum Gasteiger partial charge on any atom is 0.0334 e. The van der Waals surface area contributed by atoms with Crippen LogP contribution >= 0.6 is 31.9 Å². The van der Waals surface area contributed by atoms with Crippen LogP contribution in [0.15, 0.2) is 27.1 Å². The summed E-state index contributed by atoms with van der Waals surface area (Å²) in [7, 11) is 0. The molecule has 0 heterocycles. The van der Waals surface area contributed by atoms with Crippen LogP contribution in [0.3, 0.4) is 0 Å². The molecule has 1 aromatic rings. The van der Waals surface area contributed by atoms with E-state index in [1.54, 1.807) is 0 Å². The van der Waals surface area contributed by atoms with Crippen LogP contribution in [0.5, 0.6) is 0 Å². The lowest BCUT2D eigenvalue weighted by atomic mass is 9.77. The van der Waals surface area contributed by atoms with Crippen LogP contribution in [0.1, 0.15) is 59.1 Å². The molecule has 0 radical (unpaired) electrons. The summed E-state index contributed by atoms with van der Waals surface area (Å²) < 4.78 is 2.33. The van der Waals surface area contributed by atoms with Crippen molar-refractivity contribution in [1.29, 1.82) is 0 Å². The van der Waals surface area contributed by atoms with Gasteiger partial charge in [0, 0.05) is 15.0 Å². The van der Waals surface area contributed by atoms with Gasteiger partial charge in [0.05, 0.1) is 0 Å². The maximum absolute atomic E-state index is 3.71. The first-order valence-corrected chi connectivity index (χ1v) is 9.02. The molecule has 0 aliphatic rings. The lowest BCUT2D eigenvalue weighted by molar-refractivity contribution is 0.223. The molecule has 3 heteroatoms. The summed E-state index contributed by atoms with van der Waals surface area (Å²) in [6.07, 6.45) is 2.31. The lowest BCUT2D eigenvalue weighted by Gasteiger charge is -2.32. The van der Waals surface area contributed by atoms with Crippen molar-refractivity contribution in [2.24, 2.45) is 11.3 Å². The fourth-order valence-corrected chi connectivity index (χ4v) is 3.03. The summed E-state index contributed by atoms with van der Waals surface area (Å²) in [5, 5.41) is 3.71. The van der Waals surface area contributed by atoms with E-state index in [4.69, 9.17) is 0 Å². The predicted molar refractivity (Wildman–Crippen MR) is 96.1 cm³/mol. The summed E-state index contributed by atoms with van der Waals surface area (Å²) in [6, 6.07) is 6.84. The van der Waals surface area contributed by atoms with E-state index in [2.05, 4.69) is 90.0 Å². The van der Waals surface area contributed by atoms with Crippen molar-refractivity contribution in [3.8, 4) is 0 Å². The minimum atomic E-state index is 0.338. The topological polar surface area (TPSA) is 12.0 Å². The van der Waals surface area contributed by atoms with Crippen molar-refractivity contribution in [2.75, 3.05) is 6.54 Å². The molecule has 1 rings (SSSR count). The molecule has 0 aliphatic carbocycles. The molecule has 1 N–H and O–H groups in total. The molecule has 0 aliphatic heterocycles. The van der Waals surface area contributed by atoms with Gasteiger partial charge in [-0.3, -0.25) is 0 Å². The predicted octanol–water partition coefficient (Wildman–Crippen LogP) is 6.32. The highest BCUT2D eigenvalue weighted by Crippen LogP contribution is 2.36. The first-order valence-electron chi connectivity index (χ1n) is 7.44. The molecule has 2 atom stereocenters. The van der Waals surface area contributed by atoms with Gasteiger partial charge in [-0.05, 0) is 54.5 Å². The molecule has 0 amide bonds. The van der Waals surface area contributed by atoms with Crippen LogP contribution in [0, 0.1) is 11.3 Å². The number of nitrogens with one attached hydrogen (secondary N) is 1. The molecule has 0 spiro atoms. The molecule has 20 heavy (non-hydrogen) atoms. The van der Waals surface area contributed by atoms with E-state index < -0.39 is 0 Å². The Bertz CT molecular complexity index is 423. The van der Waals surface area contributed by atoms with Crippen molar-refractivity contribution < 1.29 is 0 Å². The normalized spacial score (nSPS) is 15.2. The van der Waals surface area contributed by atoms with Crippen molar-refractivity contribution in [3.05, 3.63) is 32.7 Å². The van der Waals surface area contributed by atoms with Crippen LogP contribution in [0.2, 0.25) is 0 Å². The van der Waals surface area contributed by atoms with E-state index in [0.29, 0.717) is 17.4 Å². The van der Waals surface area contributed by atoms with Crippen molar-refractivity contribution in [1.82, 2.24) is 5.32 Å². The summed E-state index contributed by atoms with van der Waals surface area (Å²) in [4.78, 5) is 0. The Balaban J connectivity index is 2.96. The molecular formula is C17H27Br2N. The summed E-state index contributed by atoms with van der Waals surface area (Å²) >= 11 is 7.29. The second kappa shape index (κ2) is 7.95. The minimum Gasteiger partial charge on any atom is -0.310 e. The van der Waals surface area contributed by atoms with Gasteiger partial charge in [0.25, 0.3) is 0 Å². The monoisotopic (exact) mass is 403 g/mol. The van der Waals surface area contributed by atoms with Crippen molar-refractivity contribution >= 4 is 31.9 Å². The SMILES string of the molecule is CCCNC(CC(C)C(C)(C)C)c1cc(Br)ccc1Br. The zero-order valence-electron chi connectivity index (χ0n) is 13.3. The number of rotatable bonds is 6. The van der Waals surface area contributed by atoms with E-state index in [1.807, 2.05) is 0 Å². The molecule has 2 unspecified atom stereocenters. The highest BCUT2D eigenvalue weighted by Gasteiger charge is 2.25. The van der Waals surface area contributed by atoms with Crippen LogP contribution in [0.25, 0.3) is 0 Å². The Morgan fingerprint density at radius 2 is 1.85 bits per heavy atom. The second-order valence-electron chi connectivity index (χ2n) is 6.68. The smallest absolute Gasteiger partial charge is 0.0334 e. The molecule has 0 aromatic heterocycles. The van der Waals surface area contributed by atoms with Gasteiger partial charge in [0.2, 0.25) is 0 Å². The van der Waals surface area contributed by atoms with Gasteiger partial charge in [0.1, 0.15) is 0 Å². The molecule has 0 saturated heterocycles. The van der Waals surface area contributed by atoms with Crippen molar-refractivity contribution in [2.45, 2.75) is 53.5 Å². The Morgan fingerprint density at radius 1 is 1.20 bits per heavy atom. The third kappa shape index (κ3) is 5.50. The van der Waals surface area contributed by atoms with Gasteiger partial charge in [-0.1, -0.05) is 66.5 Å². The molecule has 114 valence electrons. The molecule has 0 bridgehead atoms. The van der Waals surface area contributed by atoms with E-state index in [9.17, 15) is 0 Å². The van der Waals surface area contributed by atoms with E-state index in [0.717, 1.165) is 23.9 Å². The summed E-state index contributed by atoms with van der Waals surface area (Å²) in [5.41, 5.74) is 1.69. The Kier molecular flexibility index (Phi) is 7.23.